The van der Waals surface area contributed by atoms with E-state index in [0.717, 1.165) is 0 Å². The number of rotatable bonds is 3. The van der Waals surface area contributed by atoms with E-state index in [4.69, 9.17) is 25.8 Å². The average molecular weight is 545 g/mol. The number of hydrogen-bond donors (Lipinski definition) is 2. The summed E-state index contributed by atoms with van der Waals surface area (Å²) in [5.41, 5.74) is -2.69. The first-order chi connectivity index (χ1) is 17.8. The number of carbonyl (C=O) groups excluding carboxylic acids is 3. The second-order valence-corrected chi connectivity index (χ2v) is 12.9. The lowest BCUT2D eigenvalue weighted by molar-refractivity contribution is -0.457. The molecule has 38 heavy (non-hydrogen) atoms. The van der Waals surface area contributed by atoms with Crippen molar-refractivity contribution in [2.24, 2.45) is 34.0 Å². The molecule has 4 saturated carbocycles. The summed E-state index contributed by atoms with van der Waals surface area (Å²) in [5.74, 6) is -5.52. The maximum Gasteiger partial charge on any atom is 0.338 e. The van der Waals surface area contributed by atoms with E-state index in [0.29, 0.717) is 30.7 Å². The van der Waals surface area contributed by atoms with E-state index < -0.39 is 75.8 Å². The molecular weight excluding hydrogens is 512 g/mol. The third-order valence-electron chi connectivity index (χ3n) is 10.4. The van der Waals surface area contributed by atoms with Crippen molar-refractivity contribution in [3.8, 4) is 0 Å². The molecule has 4 aliphatic carbocycles. The molecule has 2 aliphatic heterocycles. The molecule has 0 aromatic heterocycles. The molecule has 2 N–H and O–H groups in total. The minimum atomic E-state index is -2.31. The fourth-order valence-electron chi connectivity index (χ4n) is 9.15. The Labute approximate surface area is 226 Å². The SMILES string of the molecule is C=C1C(=O)[C@]23[C@H](OC(=O)c4ccc(Cl)cc4)[C@H]1CC[C@H]2[C@@]12CO[C@@]3(O)[C@@H](O)[C@@H]1C(C)(C)CCC2OC(C)=O. The number of fused-ring (bicyclic) bond motifs is 2. The lowest BCUT2D eigenvalue weighted by Crippen LogP contribution is -2.86. The molecule has 1 aromatic rings. The van der Waals surface area contributed by atoms with Gasteiger partial charge in [0.05, 0.1) is 12.2 Å². The standard InChI is InChI=1S/C29H33ClO8/c1-14-18-9-10-19-27-13-36-29(35,23(33)21(27)26(3,4)12-11-20(27)37-15(2)31)28(19,22(14)32)24(18)38-25(34)16-5-7-17(30)8-6-16/h5-8,18-21,23-24,33,35H,1,9-13H2,2-4H3/t18-,19-,20?,21+,23-,24+,27+,28-,29-/m0/s1. The van der Waals surface area contributed by atoms with E-state index in [1.165, 1.54) is 19.1 Å². The van der Waals surface area contributed by atoms with Crippen LogP contribution in [0, 0.1) is 34.0 Å². The number of hydrogen-bond acceptors (Lipinski definition) is 8. The number of benzene rings is 1. The van der Waals surface area contributed by atoms with E-state index >= 15 is 0 Å². The Morgan fingerprint density at radius 1 is 1.13 bits per heavy atom. The Kier molecular flexibility index (Phi) is 5.56. The van der Waals surface area contributed by atoms with E-state index in [1.807, 2.05) is 13.8 Å². The Morgan fingerprint density at radius 3 is 2.47 bits per heavy atom. The first-order valence-corrected chi connectivity index (χ1v) is 13.6. The second kappa shape index (κ2) is 8.13. The van der Waals surface area contributed by atoms with Gasteiger partial charge in [0.15, 0.2) is 5.78 Å². The monoisotopic (exact) mass is 544 g/mol. The zero-order chi connectivity index (χ0) is 27.4. The summed E-state index contributed by atoms with van der Waals surface area (Å²) in [6.45, 7) is 9.47. The summed E-state index contributed by atoms with van der Waals surface area (Å²) in [7, 11) is 0. The van der Waals surface area contributed by atoms with Gasteiger partial charge in [0.2, 0.25) is 5.79 Å². The Hall–Kier alpha value is -2.26. The molecule has 6 aliphatic rings. The first-order valence-electron chi connectivity index (χ1n) is 13.2. The van der Waals surface area contributed by atoms with Gasteiger partial charge in [0, 0.05) is 29.2 Å². The predicted octanol–water partition coefficient (Wildman–Crippen LogP) is 3.46. The lowest BCUT2D eigenvalue weighted by Gasteiger charge is -2.74. The van der Waals surface area contributed by atoms with Gasteiger partial charge in [-0.25, -0.2) is 4.79 Å². The minimum Gasteiger partial charge on any atom is -0.462 e. The fraction of sp³-hybridized carbons (Fsp3) is 0.621. The topological polar surface area (TPSA) is 119 Å². The zero-order valence-corrected chi connectivity index (χ0v) is 22.5. The summed E-state index contributed by atoms with van der Waals surface area (Å²) in [6.07, 6.45) is -1.03. The van der Waals surface area contributed by atoms with Crippen LogP contribution in [0.1, 0.15) is 56.8 Å². The number of ketones is 1. The Balaban J connectivity index is 1.53. The fourth-order valence-corrected chi connectivity index (χ4v) is 9.28. The van der Waals surface area contributed by atoms with Crippen LogP contribution < -0.4 is 0 Å². The smallest absolute Gasteiger partial charge is 0.338 e. The molecule has 2 spiro atoms. The average Bonchev–Trinajstić information content (AvgIpc) is 2.97. The molecule has 4 bridgehead atoms. The van der Waals surface area contributed by atoms with E-state index in [9.17, 15) is 24.6 Å². The molecule has 8 nitrogen and oxygen atoms in total. The highest BCUT2D eigenvalue weighted by Crippen LogP contribution is 2.77. The van der Waals surface area contributed by atoms with Gasteiger partial charge in [0.25, 0.3) is 0 Å². The zero-order valence-electron chi connectivity index (χ0n) is 21.7. The maximum atomic E-state index is 14.3. The van der Waals surface area contributed by atoms with Gasteiger partial charge >= 0.3 is 11.9 Å². The van der Waals surface area contributed by atoms with Crippen molar-refractivity contribution in [2.75, 3.05) is 6.61 Å². The van der Waals surface area contributed by atoms with E-state index in [1.54, 1.807) is 12.1 Å². The van der Waals surface area contributed by atoms with Gasteiger partial charge < -0.3 is 24.4 Å². The quantitative estimate of drug-likeness (QED) is 0.438. The van der Waals surface area contributed by atoms with E-state index in [2.05, 4.69) is 6.58 Å². The van der Waals surface area contributed by atoms with Crippen LogP contribution in [0.4, 0.5) is 0 Å². The first kappa shape index (κ1) is 26.0. The molecule has 9 atom stereocenters. The van der Waals surface area contributed by atoms with Crippen molar-refractivity contribution in [2.45, 2.75) is 70.6 Å². The van der Waals surface area contributed by atoms with Gasteiger partial charge in [-0.15, -0.1) is 0 Å². The Bertz CT molecular complexity index is 1240. The van der Waals surface area contributed by atoms with Crippen LogP contribution >= 0.6 is 11.6 Å². The van der Waals surface area contributed by atoms with Crippen molar-refractivity contribution >= 4 is 29.3 Å². The normalized spacial score (nSPS) is 44.3. The molecule has 1 aromatic carbocycles. The van der Waals surface area contributed by atoms with Crippen LogP contribution in [0.15, 0.2) is 36.4 Å². The number of carbonyl (C=O) groups is 3. The van der Waals surface area contributed by atoms with Crippen LogP contribution in [0.3, 0.4) is 0 Å². The third kappa shape index (κ3) is 2.95. The van der Waals surface area contributed by atoms with Crippen molar-refractivity contribution in [1.29, 1.82) is 0 Å². The third-order valence-corrected chi connectivity index (χ3v) is 10.7. The minimum absolute atomic E-state index is 0.0152. The van der Waals surface area contributed by atoms with Gasteiger partial charge in [0.1, 0.15) is 23.7 Å². The lowest BCUT2D eigenvalue weighted by atomic mass is 9.35. The van der Waals surface area contributed by atoms with Gasteiger partial charge in [-0.1, -0.05) is 32.0 Å². The van der Waals surface area contributed by atoms with Crippen LogP contribution in [0.2, 0.25) is 5.02 Å². The van der Waals surface area contributed by atoms with Crippen molar-refractivity contribution in [3.63, 3.8) is 0 Å². The molecule has 2 heterocycles. The molecule has 9 heteroatoms. The van der Waals surface area contributed by atoms with Crippen molar-refractivity contribution in [1.82, 2.24) is 0 Å². The molecule has 0 amide bonds. The van der Waals surface area contributed by atoms with Crippen molar-refractivity contribution in [3.05, 3.63) is 47.0 Å². The van der Waals surface area contributed by atoms with Crippen LogP contribution in [0.25, 0.3) is 0 Å². The molecule has 7 rings (SSSR count). The van der Waals surface area contributed by atoms with Gasteiger partial charge in [-0.3, -0.25) is 9.59 Å². The molecule has 204 valence electrons. The number of halogens is 1. The summed E-state index contributed by atoms with van der Waals surface area (Å²) < 4.78 is 18.1. The number of esters is 2. The molecule has 0 radical (unpaired) electrons. The summed E-state index contributed by atoms with van der Waals surface area (Å²) in [5, 5.41) is 24.7. The number of Topliss-reactive ketones (excluding diaryl/α,β-unsaturated/α-hetero) is 1. The highest BCUT2D eigenvalue weighted by atomic mass is 35.5. The predicted molar refractivity (Wildman–Crippen MR) is 135 cm³/mol. The molecular formula is C29H33ClO8. The van der Waals surface area contributed by atoms with Gasteiger partial charge in [-0.05, 0) is 66.9 Å². The summed E-state index contributed by atoms with van der Waals surface area (Å²) >= 11 is 5.99. The van der Waals surface area contributed by atoms with Gasteiger partial charge in [-0.2, -0.15) is 0 Å². The second-order valence-electron chi connectivity index (χ2n) is 12.4. The van der Waals surface area contributed by atoms with Crippen molar-refractivity contribution < 1.29 is 38.8 Å². The summed E-state index contributed by atoms with van der Waals surface area (Å²) in [6, 6.07) is 6.20. The number of aliphatic hydroxyl groups is 2. The van der Waals surface area contributed by atoms with E-state index in [-0.39, 0.29) is 17.7 Å². The highest BCUT2D eigenvalue weighted by Gasteiger charge is 2.88. The maximum absolute atomic E-state index is 14.3. The molecule has 1 unspecified atom stereocenters. The Morgan fingerprint density at radius 2 is 1.82 bits per heavy atom. The number of ether oxygens (including phenoxy) is 3. The molecule has 6 fully saturated rings. The van der Waals surface area contributed by atoms with Crippen LogP contribution in [0.5, 0.6) is 0 Å². The van der Waals surface area contributed by atoms with Crippen LogP contribution in [-0.4, -0.2) is 58.6 Å². The largest absolute Gasteiger partial charge is 0.462 e. The van der Waals surface area contributed by atoms with Crippen LogP contribution in [-0.2, 0) is 23.8 Å². The molecule has 2 saturated heterocycles. The summed E-state index contributed by atoms with van der Waals surface area (Å²) in [4.78, 5) is 39.9. The number of aliphatic hydroxyl groups excluding tert-OH is 1. The highest BCUT2D eigenvalue weighted by molar-refractivity contribution is 6.30.